The first kappa shape index (κ1) is 17.3. The number of nitrogens with zero attached hydrogens (tertiary/aromatic N) is 2. The predicted molar refractivity (Wildman–Crippen MR) is 85.1 cm³/mol. The van der Waals surface area contributed by atoms with Gasteiger partial charge in [-0.3, -0.25) is 4.79 Å². The number of alkyl halides is 2. The average molecular weight is 350 g/mol. The summed E-state index contributed by atoms with van der Waals surface area (Å²) in [6.07, 6.45) is 1.05. The number of ether oxygens (including phenoxy) is 1. The number of rotatable bonds is 4. The lowest BCUT2D eigenvalue weighted by Gasteiger charge is -2.38. The molecule has 0 saturated carbocycles. The van der Waals surface area contributed by atoms with Crippen LogP contribution in [0.1, 0.15) is 16.8 Å². The quantitative estimate of drug-likeness (QED) is 0.849. The van der Waals surface area contributed by atoms with Gasteiger partial charge in [0.2, 0.25) is 5.88 Å². The first-order chi connectivity index (χ1) is 12.0. The van der Waals surface area contributed by atoms with E-state index in [4.69, 9.17) is 4.74 Å². The highest BCUT2D eigenvalue weighted by atomic mass is 19.3. The molecule has 1 aromatic heterocycles. The average Bonchev–Trinajstić information content (AvgIpc) is 2.61. The Morgan fingerprint density at radius 3 is 2.84 bits per heavy atom. The molecule has 1 aromatic carbocycles. The number of halogens is 3. The first-order valence-corrected chi connectivity index (χ1v) is 7.92. The molecule has 2 heterocycles. The van der Waals surface area contributed by atoms with E-state index in [0.717, 1.165) is 6.07 Å². The van der Waals surface area contributed by atoms with Gasteiger partial charge in [0.1, 0.15) is 12.4 Å². The van der Waals surface area contributed by atoms with Crippen molar-refractivity contribution in [3.05, 3.63) is 60.0 Å². The minimum atomic E-state index is -2.94. The number of carbonyl (C=O) groups is 1. The van der Waals surface area contributed by atoms with Crippen LogP contribution in [0.3, 0.4) is 0 Å². The number of piperidine rings is 1. The number of amides is 1. The fourth-order valence-corrected chi connectivity index (χ4v) is 2.76. The van der Waals surface area contributed by atoms with Crippen LogP contribution in [-0.2, 0) is 0 Å². The fourth-order valence-electron chi connectivity index (χ4n) is 2.76. The van der Waals surface area contributed by atoms with Crippen LogP contribution in [0.2, 0.25) is 0 Å². The molecule has 1 amide bonds. The van der Waals surface area contributed by atoms with Gasteiger partial charge in [0.25, 0.3) is 11.8 Å². The summed E-state index contributed by atoms with van der Waals surface area (Å²) in [5.41, 5.74) is 0.148. The summed E-state index contributed by atoms with van der Waals surface area (Å²) >= 11 is 0. The standard InChI is InChI=1S/C18H17F3N2O2/c19-15-5-3-4-13(10-15)17(24)23-9-7-18(20,21)14(11-23)12-25-16-6-1-2-8-22-16/h1-6,8,10,14H,7,9,11-12H2. The third kappa shape index (κ3) is 4.10. The maximum atomic E-state index is 14.2. The molecular formula is C18H17F3N2O2. The fraction of sp³-hybridized carbons (Fsp3) is 0.333. The molecule has 0 radical (unpaired) electrons. The smallest absolute Gasteiger partial charge is 0.257 e. The number of hydrogen-bond donors (Lipinski definition) is 0. The summed E-state index contributed by atoms with van der Waals surface area (Å²) in [4.78, 5) is 17.7. The lowest BCUT2D eigenvalue weighted by atomic mass is 9.93. The van der Waals surface area contributed by atoms with Gasteiger partial charge in [0, 0.05) is 37.3 Å². The zero-order chi connectivity index (χ0) is 17.9. The molecule has 0 bridgehead atoms. The minimum absolute atomic E-state index is 0.0809. The summed E-state index contributed by atoms with van der Waals surface area (Å²) in [7, 11) is 0. The van der Waals surface area contributed by atoms with Crippen molar-refractivity contribution in [2.75, 3.05) is 19.7 Å². The Bertz CT molecular complexity index is 740. The monoisotopic (exact) mass is 350 g/mol. The van der Waals surface area contributed by atoms with E-state index >= 15 is 0 Å². The molecule has 1 aliphatic heterocycles. The van der Waals surface area contributed by atoms with Gasteiger partial charge in [-0.2, -0.15) is 0 Å². The van der Waals surface area contributed by atoms with Crippen LogP contribution in [0.15, 0.2) is 48.7 Å². The van der Waals surface area contributed by atoms with Crippen LogP contribution in [0.25, 0.3) is 0 Å². The molecule has 7 heteroatoms. The van der Waals surface area contributed by atoms with Gasteiger partial charge >= 0.3 is 0 Å². The van der Waals surface area contributed by atoms with Crippen LogP contribution < -0.4 is 4.74 Å². The molecule has 1 atom stereocenters. The molecule has 0 spiro atoms. The molecule has 0 N–H and O–H groups in total. The van der Waals surface area contributed by atoms with Gasteiger partial charge in [0.15, 0.2) is 0 Å². The van der Waals surface area contributed by atoms with Crippen molar-refractivity contribution in [2.24, 2.45) is 5.92 Å². The van der Waals surface area contributed by atoms with E-state index in [-0.39, 0.29) is 31.1 Å². The number of likely N-dealkylation sites (tertiary alicyclic amines) is 1. The van der Waals surface area contributed by atoms with E-state index in [9.17, 15) is 18.0 Å². The maximum absolute atomic E-state index is 14.2. The second-order valence-electron chi connectivity index (χ2n) is 5.95. The van der Waals surface area contributed by atoms with E-state index < -0.39 is 30.0 Å². The molecular weight excluding hydrogens is 333 g/mol. The molecule has 2 aromatic rings. The van der Waals surface area contributed by atoms with Gasteiger partial charge in [-0.25, -0.2) is 18.2 Å². The van der Waals surface area contributed by atoms with Crippen molar-refractivity contribution < 1.29 is 22.7 Å². The number of pyridine rings is 1. The third-order valence-electron chi connectivity index (χ3n) is 4.18. The topological polar surface area (TPSA) is 42.4 Å². The summed E-state index contributed by atoms with van der Waals surface area (Å²) < 4.78 is 47.0. The second kappa shape index (κ2) is 7.13. The highest BCUT2D eigenvalue weighted by Gasteiger charge is 2.45. The van der Waals surface area contributed by atoms with Crippen LogP contribution in [-0.4, -0.2) is 41.4 Å². The number of carbonyl (C=O) groups excluding carboxylic acids is 1. The molecule has 1 unspecified atom stereocenters. The molecule has 3 rings (SSSR count). The molecule has 25 heavy (non-hydrogen) atoms. The van der Waals surface area contributed by atoms with Crippen molar-refractivity contribution in [3.8, 4) is 5.88 Å². The van der Waals surface area contributed by atoms with E-state index in [2.05, 4.69) is 4.98 Å². The van der Waals surface area contributed by atoms with Gasteiger partial charge in [0.05, 0.1) is 5.92 Å². The summed E-state index contributed by atoms with van der Waals surface area (Å²) in [6.45, 7) is -0.492. The lowest BCUT2D eigenvalue weighted by Crippen LogP contribution is -2.51. The van der Waals surface area contributed by atoms with Gasteiger partial charge < -0.3 is 9.64 Å². The summed E-state index contributed by atoms with van der Waals surface area (Å²) in [5.74, 6) is -4.83. The van der Waals surface area contributed by atoms with Crippen LogP contribution >= 0.6 is 0 Å². The summed E-state index contributed by atoms with van der Waals surface area (Å²) in [6, 6.07) is 10.2. The Hall–Kier alpha value is -2.57. The predicted octanol–water partition coefficient (Wildman–Crippen LogP) is 3.40. The first-order valence-electron chi connectivity index (χ1n) is 7.92. The molecule has 1 fully saturated rings. The van der Waals surface area contributed by atoms with E-state index in [0.29, 0.717) is 0 Å². The highest BCUT2D eigenvalue weighted by molar-refractivity contribution is 5.94. The maximum Gasteiger partial charge on any atom is 0.257 e. The largest absolute Gasteiger partial charge is 0.477 e. The summed E-state index contributed by atoms with van der Waals surface area (Å²) in [5, 5.41) is 0. The zero-order valence-electron chi connectivity index (χ0n) is 13.4. The third-order valence-corrected chi connectivity index (χ3v) is 4.18. The number of benzene rings is 1. The van der Waals surface area contributed by atoms with Gasteiger partial charge in [-0.05, 0) is 24.3 Å². The Balaban J connectivity index is 1.68. The molecule has 132 valence electrons. The Morgan fingerprint density at radius 1 is 1.28 bits per heavy atom. The lowest BCUT2D eigenvalue weighted by molar-refractivity contribution is -0.110. The molecule has 1 saturated heterocycles. The van der Waals surface area contributed by atoms with Crippen molar-refractivity contribution in [3.63, 3.8) is 0 Å². The van der Waals surface area contributed by atoms with Crippen molar-refractivity contribution in [1.29, 1.82) is 0 Å². The van der Waals surface area contributed by atoms with Crippen LogP contribution in [0, 0.1) is 11.7 Å². The van der Waals surface area contributed by atoms with Crippen LogP contribution in [0.4, 0.5) is 13.2 Å². The van der Waals surface area contributed by atoms with Crippen LogP contribution in [0.5, 0.6) is 5.88 Å². The van der Waals surface area contributed by atoms with Crippen molar-refractivity contribution in [1.82, 2.24) is 9.88 Å². The molecule has 4 nitrogen and oxygen atoms in total. The number of hydrogen-bond acceptors (Lipinski definition) is 3. The highest BCUT2D eigenvalue weighted by Crippen LogP contribution is 2.34. The minimum Gasteiger partial charge on any atom is -0.477 e. The van der Waals surface area contributed by atoms with Gasteiger partial charge in [-0.1, -0.05) is 12.1 Å². The van der Waals surface area contributed by atoms with Crippen molar-refractivity contribution >= 4 is 5.91 Å². The van der Waals surface area contributed by atoms with E-state index in [1.807, 2.05) is 0 Å². The van der Waals surface area contributed by atoms with E-state index in [1.165, 1.54) is 29.3 Å². The Morgan fingerprint density at radius 2 is 2.12 bits per heavy atom. The zero-order valence-corrected chi connectivity index (χ0v) is 13.4. The second-order valence-corrected chi connectivity index (χ2v) is 5.95. The Labute approximate surface area is 143 Å². The Kier molecular flexibility index (Phi) is 4.92. The van der Waals surface area contributed by atoms with Crippen molar-refractivity contribution in [2.45, 2.75) is 12.3 Å². The molecule has 1 aliphatic rings. The normalized spacial score (nSPS) is 19.5. The van der Waals surface area contributed by atoms with Gasteiger partial charge in [-0.15, -0.1) is 0 Å². The van der Waals surface area contributed by atoms with E-state index in [1.54, 1.807) is 18.2 Å². The SMILES string of the molecule is O=C(c1cccc(F)c1)N1CCC(F)(F)C(COc2ccccn2)C1. The number of aromatic nitrogens is 1. The molecule has 0 aliphatic carbocycles.